The summed E-state index contributed by atoms with van der Waals surface area (Å²) < 4.78 is 13.2. The van der Waals surface area contributed by atoms with E-state index in [0.717, 1.165) is 11.6 Å². The fourth-order valence-electron chi connectivity index (χ4n) is 1.23. The molecule has 1 nitrogen and oxygen atoms in total. The highest BCUT2D eigenvalue weighted by molar-refractivity contribution is 6.77. The van der Waals surface area contributed by atoms with Gasteiger partial charge in [-0.05, 0) is 23.8 Å². The molecule has 0 heterocycles. The summed E-state index contributed by atoms with van der Waals surface area (Å²) >= 11 is 0. The molecule has 0 aliphatic rings. The van der Waals surface area contributed by atoms with Gasteiger partial charge in [0, 0.05) is 0 Å². The summed E-state index contributed by atoms with van der Waals surface area (Å²) in [7, 11) is -1.41. The van der Waals surface area contributed by atoms with Crippen LogP contribution in [0, 0.1) is 5.82 Å². The molecule has 13 heavy (non-hydrogen) atoms. The molecule has 1 aromatic rings. The van der Waals surface area contributed by atoms with Crippen LogP contribution in [0.1, 0.15) is 5.56 Å². The molecule has 0 radical (unpaired) electrons. The lowest BCUT2D eigenvalue weighted by Crippen LogP contribution is -2.39. The molecule has 72 valence electrons. The predicted molar refractivity (Wildman–Crippen MR) is 56.6 cm³/mol. The third-order valence-electron chi connectivity index (χ3n) is 2.18. The van der Waals surface area contributed by atoms with Gasteiger partial charge in [0.05, 0.1) is 8.07 Å². The van der Waals surface area contributed by atoms with E-state index in [0.29, 0.717) is 6.17 Å². The number of benzene rings is 1. The monoisotopic (exact) mass is 197 g/mol. The maximum absolute atomic E-state index is 13.2. The van der Waals surface area contributed by atoms with E-state index >= 15 is 0 Å². The first kappa shape index (κ1) is 10.4. The third-order valence-corrected chi connectivity index (χ3v) is 4.62. The molecule has 0 saturated carbocycles. The van der Waals surface area contributed by atoms with Crippen molar-refractivity contribution < 1.29 is 4.39 Å². The second-order valence-corrected chi connectivity index (χ2v) is 9.23. The first-order valence-corrected chi connectivity index (χ1v) is 7.90. The lowest BCUT2D eigenvalue weighted by Gasteiger charge is -2.19. The molecule has 0 aromatic heterocycles. The molecule has 0 saturated heterocycles. The zero-order valence-electron chi connectivity index (χ0n) is 8.18. The Hall–Kier alpha value is -0.673. The number of halogens is 1. The Morgan fingerprint density at radius 2 is 1.92 bits per heavy atom. The Morgan fingerprint density at radius 3 is 2.46 bits per heavy atom. The van der Waals surface area contributed by atoms with Crippen molar-refractivity contribution in [3.05, 3.63) is 35.6 Å². The minimum Gasteiger partial charge on any atom is -0.333 e. The first-order valence-electron chi connectivity index (χ1n) is 4.49. The summed E-state index contributed by atoms with van der Waals surface area (Å²) in [6.07, 6.45) is 0.710. The van der Waals surface area contributed by atoms with Crippen LogP contribution in [0.15, 0.2) is 24.3 Å². The van der Waals surface area contributed by atoms with E-state index in [9.17, 15) is 4.39 Å². The second kappa shape index (κ2) is 4.02. The van der Waals surface area contributed by atoms with Crippen LogP contribution >= 0.6 is 0 Å². The van der Waals surface area contributed by atoms with Gasteiger partial charge in [-0.25, -0.2) is 4.39 Å². The molecule has 1 rings (SSSR count). The summed E-state index contributed by atoms with van der Waals surface area (Å²) in [4.78, 5) is 0. The lowest BCUT2D eigenvalue weighted by molar-refractivity contribution is 0.616. The van der Waals surface area contributed by atoms with Gasteiger partial charge in [-0.2, -0.15) is 0 Å². The number of hydrogen-bond acceptors (Lipinski definition) is 1. The zero-order valence-corrected chi connectivity index (χ0v) is 9.18. The molecule has 1 aromatic carbocycles. The molecule has 0 spiro atoms. The second-order valence-electron chi connectivity index (χ2n) is 4.14. The Balaban J connectivity index is 2.80. The van der Waals surface area contributed by atoms with Crippen molar-refractivity contribution in [2.45, 2.75) is 19.1 Å². The molecule has 0 fully saturated rings. The van der Waals surface area contributed by atoms with Crippen molar-refractivity contribution in [1.82, 2.24) is 0 Å². The lowest BCUT2D eigenvalue weighted by atomic mass is 10.2. The predicted octanol–water partition coefficient (Wildman–Crippen LogP) is 2.11. The molecule has 0 amide bonds. The smallest absolute Gasteiger partial charge is 0.126 e. The number of rotatable bonds is 3. The summed E-state index contributed by atoms with van der Waals surface area (Å²) in [6.45, 7) is 4.36. The Bertz CT molecular complexity index is 286. The first-order chi connectivity index (χ1) is 6.05. The van der Waals surface area contributed by atoms with E-state index in [1.165, 1.54) is 6.07 Å². The topological polar surface area (TPSA) is 26.0 Å². The highest BCUT2D eigenvalue weighted by atomic mass is 28.3. The van der Waals surface area contributed by atoms with Crippen molar-refractivity contribution in [3.8, 4) is 0 Å². The molecule has 0 bridgehead atoms. The van der Waals surface area contributed by atoms with Gasteiger partial charge in [0.15, 0.2) is 0 Å². The van der Waals surface area contributed by atoms with E-state index in [4.69, 9.17) is 5.73 Å². The fourth-order valence-corrected chi connectivity index (χ4v) is 2.69. The van der Waals surface area contributed by atoms with E-state index in [-0.39, 0.29) is 5.82 Å². The summed E-state index contributed by atoms with van der Waals surface area (Å²) in [6, 6.07) is 7.78. The van der Waals surface area contributed by atoms with Gasteiger partial charge in [0.25, 0.3) is 0 Å². The van der Waals surface area contributed by atoms with Gasteiger partial charge >= 0.3 is 0 Å². The van der Waals surface area contributed by atoms with Crippen molar-refractivity contribution in [3.63, 3.8) is 0 Å². The number of hydrogen-bond donors (Lipinski definition) is 1. The third kappa shape index (κ3) is 2.93. The molecule has 2 N–H and O–H groups in total. The highest BCUT2D eigenvalue weighted by Gasteiger charge is 2.20. The van der Waals surface area contributed by atoms with Gasteiger partial charge in [-0.3, -0.25) is 0 Å². The quantitative estimate of drug-likeness (QED) is 0.738. The molecule has 0 atom stereocenters. The SMILES string of the molecule is C[Si](C)(CN)Cc1ccccc1F. The maximum atomic E-state index is 13.2. The fraction of sp³-hybridized carbons (Fsp3) is 0.400. The van der Waals surface area contributed by atoms with Crippen LogP contribution in [0.3, 0.4) is 0 Å². The molecular weight excluding hydrogens is 181 g/mol. The standard InChI is InChI=1S/C10H16FNSi/c1-13(2,8-12)7-9-5-3-4-6-10(9)11/h3-6H,7-8,12H2,1-2H3. The van der Waals surface area contributed by atoms with Crippen molar-refractivity contribution >= 4 is 8.07 Å². The van der Waals surface area contributed by atoms with E-state index < -0.39 is 8.07 Å². The van der Waals surface area contributed by atoms with Crippen LogP contribution < -0.4 is 5.73 Å². The van der Waals surface area contributed by atoms with Gasteiger partial charge < -0.3 is 5.73 Å². The van der Waals surface area contributed by atoms with Gasteiger partial charge in [-0.15, -0.1) is 0 Å². The average Bonchev–Trinajstić information content (AvgIpc) is 2.09. The van der Waals surface area contributed by atoms with Crippen LogP contribution in [0.4, 0.5) is 4.39 Å². The molecule has 0 aliphatic heterocycles. The van der Waals surface area contributed by atoms with E-state index in [1.54, 1.807) is 6.07 Å². The Morgan fingerprint density at radius 1 is 1.31 bits per heavy atom. The normalized spacial score (nSPS) is 11.7. The zero-order chi connectivity index (χ0) is 9.90. The minimum absolute atomic E-state index is 0.100. The Kier molecular flexibility index (Phi) is 3.22. The van der Waals surface area contributed by atoms with Crippen LogP contribution in [0.5, 0.6) is 0 Å². The van der Waals surface area contributed by atoms with Crippen LogP contribution in [0.25, 0.3) is 0 Å². The molecular formula is C10H16FNSi. The van der Waals surface area contributed by atoms with E-state index in [2.05, 4.69) is 13.1 Å². The van der Waals surface area contributed by atoms with Gasteiger partial charge in [-0.1, -0.05) is 31.3 Å². The Labute approximate surface area is 79.8 Å². The molecule has 0 aliphatic carbocycles. The van der Waals surface area contributed by atoms with Gasteiger partial charge in [0.2, 0.25) is 0 Å². The summed E-state index contributed by atoms with van der Waals surface area (Å²) in [5.74, 6) is -0.100. The van der Waals surface area contributed by atoms with Crippen molar-refractivity contribution in [1.29, 1.82) is 0 Å². The summed E-state index contributed by atoms with van der Waals surface area (Å²) in [5, 5.41) is 0. The van der Waals surface area contributed by atoms with Crippen molar-refractivity contribution in [2.75, 3.05) is 6.17 Å². The molecule has 3 heteroatoms. The highest BCUT2D eigenvalue weighted by Crippen LogP contribution is 2.13. The summed E-state index contributed by atoms with van der Waals surface area (Å²) in [5.41, 5.74) is 6.45. The van der Waals surface area contributed by atoms with Gasteiger partial charge in [0.1, 0.15) is 5.82 Å². The number of nitrogens with two attached hydrogens (primary N) is 1. The van der Waals surface area contributed by atoms with Crippen LogP contribution in [0.2, 0.25) is 13.1 Å². The molecule has 0 unspecified atom stereocenters. The maximum Gasteiger partial charge on any atom is 0.126 e. The minimum atomic E-state index is -1.41. The average molecular weight is 197 g/mol. The largest absolute Gasteiger partial charge is 0.333 e. The van der Waals surface area contributed by atoms with Crippen molar-refractivity contribution in [2.24, 2.45) is 5.73 Å². The van der Waals surface area contributed by atoms with Crippen LogP contribution in [-0.4, -0.2) is 14.2 Å². The van der Waals surface area contributed by atoms with E-state index in [1.807, 2.05) is 12.1 Å². The van der Waals surface area contributed by atoms with Crippen LogP contribution in [-0.2, 0) is 6.04 Å².